The Hall–Kier alpha value is 0.100. The molecule has 0 aromatic heterocycles. The van der Waals surface area contributed by atoms with Crippen molar-refractivity contribution in [2.24, 2.45) is 0 Å². The first-order valence-corrected chi connectivity index (χ1v) is 7.16. The number of hydrogen-bond acceptors (Lipinski definition) is 5. The number of hydrogen-bond donors (Lipinski definition) is 0. The van der Waals surface area contributed by atoms with Gasteiger partial charge in [-0.05, 0) is 6.92 Å². The molecule has 0 saturated carbocycles. The minimum atomic E-state index is -3.57. The van der Waals surface area contributed by atoms with Crippen molar-refractivity contribution in [2.75, 3.05) is 20.0 Å². The average molecular weight is 216 g/mol. The molecule has 74 valence electrons. The molecule has 0 rings (SSSR count). The van der Waals surface area contributed by atoms with Gasteiger partial charge in [-0.3, -0.25) is 8.75 Å². The van der Waals surface area contributed by atoms with Crippen LogP contribution in [0.5, 0.6) is 0 Å². The van der Waals surface area contributed by atoms with Crippen molar-refractivity contribution in [3.63, 3.8) is 0 Å². The van der Waals surface area contributed by atoms with Crippen molar-refractivity contribution < 1.29 is 21.7 Å². The van der Waals surface area contributed by atoms with Crippen molar-refractivity contribution in [1.29, 1.82) is 0 Å². The summed E-state index contributed by atoms with van der Waals surface area (Å²) in [5.74, 6) is -0.933. The third-order valence-electron chi connectivity index (χ3n) is 1.34. The van der Waals surface area contributed by atoms with Crippen molar-refractivity contribution in [2.45, 2.75) is 12.8 Å². The second-order valence-corrected chi connectivity index (χ2v) is 7.00. The molecule has 0 amide bonds. The Morgan fingerprint density at radius 3 is 2.08 bits per heavy atom. The molecule has 0 heterocycles. The molecule has 0 bridgehead atoms. The van der Waals surface area contributed by atoms with Crippen LogP contribution in [0.15, 0.2) is 0 Å². The van der Waals surface area contributed by atoms with E-state index in [1.807, 2.05) is 0 Å². The Kier molecular flexibility index (Phi) is 3.90. The van der Waals surface area contributed by atoms with Crippen molar-refractivity contribution in [3.05, 3.63) is 0 Å². The van der Waals surface area contributed by atoms with Crippen molar-refractivity contribution >= 4 is 17.5 Å². The third-order valence-corrected chi connectivity index (χ3v) is 4.27. The minimum Gasteiger partial charge on any atom is -0.330 e. The normalized spacial score (nSPS) is 20.0. The molecule has 0 radical (unpaired) electrons. The van der Waals surface area contributed by atoms with Crippen molar-refractivity contribution in [3.8, 4) is 0 Å². The molecule has 2 atom stereocenters. The maximum Gasteiger partial charge on any atom is 0.265 e. The molecule has 0 aliphatic heterocycles. The maximum atomic E-state index is 11.3. The molecule has 0 saturated heterocycles. The highest BCUT2D eigenvalue weighted by Crippen LogP contribution is 2.47. The van der Waals surface area contributed by atoms with Gasteiger partial charge in [0.2, 0.25) is 7.37 Å². The molecule has 0 aliphatic carbocycles. The Labute approximate surface area is 72.6 Å². The summed E-state index contributed by atoms with van der Waals surface area (Å²) >= 11 is 0. The predicted molar refractivity (Wildman–Crippen MR) is 45.9 cm³/mol. The van der Waals surface area contributed by atoms with E-state index in [4.69, 9.17) is 0 Å². The Morgan fingerprint density at radius 2 is 1.83 bits per heavy atom. The lowest BCUT2D eigenvalue weighted by molar-refractivity contribution is 0.266. The molecule has 2 unspecified atom stereocenters. The van der Waals surface area contributed by atoms with Gasteiger partial charge in [0, 0.05) is 13.8 Å². The fraction of sp³-hybridized carbons (Fsp3) is 1.00. The van der Waals surface area contributed by atoms with Gasteiger partial charge in [0.1, 0.15) is 5.85 Å². The van der Waals surface area contributed by atoms with Gasteiger partial charge in [0.05, 0.1) is 6.26 Å². The summed E-state index contributed by atoms with van der Waals surface area (Å²) in [5.41, 5.74) is 0. The zero-order valence-corrected chi connectivity index (χ0v) is 9.18. The van der Waals surface area contributed by atoms with Crippen LogP contribution in [0, 0.1) is 0 Å². The highest BCUT2D eigenvalue weighted by atomic mass is 32.2. The van der Waals surface area contributed by atoms with Crippen LogP contribution in [0.4, 0.5) is 0 Å². The summed E-state index contributed by atoms with van der Waals surface area (Å²) in [5, 5.41) is 0. The Bertz CT molecular complexity index is 282. The van der Waals surface area contributed by atoms with Gasteiger partial charge in [-0.1, -0.05) is 0 Å². The van der Waals surface area contributed by atoms with E-state index >= 15 is 0 Å². The van der Waals surface area contributed by atoms with E-state index in [0.717, 1.165) is 6.26 Å². The van der Waals surface area contributed by atoms with E-state index in [-0.39, 0.29) is 0 Å². The molecule has 7 heteroatoms. The van der Waals surface area contributed by atoms with E-state index in [1.165, 1.54) is 20.7 Å². The van der Waals surface area contributed by atoms with Crippen LogP contribution >= 0.6 is 7.37 Å². The van der Waals surface area contributed by atoms with Crippen LogP contribution in [-0.4, -0.2) is 34.3 Å². The summed E-state index contributed by atoms with van der Waals surface area (Å²) in [6.45, 7) is 2.72. The fourth-order valence-electron chi connectivity index (χ4n) is 0.480. The monoisotopic (exact) mass is 216 g/mol. The van der Waals surface area contributed by atoms with E-state index in [9.17, 15) is 13.0 Å². The fourth-order valence-corrected chi connectivity index (χ4v) is 2.38. The largest absolute Gasteiger partial charge is 0.330 e. The van der Waals surface area contributed by atoms with Gasteiger partial charge in [-0.25, -0.2) is 0 Å². The summed E-state index contributed by atoms with van der Waals surface area (Å²) in [6.07, 6.45) is 0.902. The van der Waals surface area contributed by atoms with Crippen LogP contribution in [0.3, 0.4) is 0 Å². The molecule has 0 N–H and O–H groups in total. The molecule has 0 aliphatic rings. The molecule has 12 heavy (non-hydrogen) atoms. The predicted octanol–water partition coefficient (Wildman–Crippen LogP) is 0.863. The summed E-state index contributed by atoms with van der Waals surface area (Å²) < 4.78 is 41.6. The van der Waals surface area contributed by atoms with Crippen LogP contribution < -0.4 is 0 Å². The molecule has 0 fully saturated rings. The van der Waals surface area contributed by atoms with Gasteiger partial charge in [0.15, 0.2) is 0 Å². The lowest BCUT2D eigenvalue weighted by atomic mass is 10.9. The van der Waals surface area contributed by atoms with Gasteiger partial charge < -0.3 is 4.52 Å². The first-order chi connectivity index (χ1) is 5.19. The molecular weight excluding hydrogens is 203 g/mol. The standard InChI is InChI=1S/C5H13O5PS/c1-5(10-12(4,7)8)11(3,6)9-2/h5H,1-4H3. The lowest BCUT2D eigenvalue weighted by Crippen LogP contribution is -2.14. The SMILES string of the molecule is COP(C)(=O)C(C)OS(C)(=O)=O. The van der Waals surface area contributed by atoms with Crippen LogP contribution in [0.1, 0.15) is 6.92 Å². The van der Waals surface area contributed by atoms with Crippen LogP contribution in [-0.2, 0) is 23.4 Å². The van der Waals surface area contributed by atoms with E-state index in [1.54, 1.807) is 0 Å². The highest BCUT2D eigenvalue weighted by molar-refractivity contribution is 7.86. The second-order valence-electron chi connectivity index (χ2n) is 2.49. The lowest BCUT2D eigenvalue weighted by Gasteiger charge is -2.17. The summed E-state index contributed by atoms with van der Waals surface area (Å²) in [7, 11) is -5.28. The first kappa shape index (κ1) is 12.1. The molecule has 5 nitrogen and oxygen atoms in total. The molecule has 0 aromatic rings. The van der Waals surface area contributed by atoms with Gasteiger partial charge in [0.25, 0.3) is 10.1 Å². The summed E-state index contributed by atoms with van der Waals surface area (Å²) in [6, 6.07) is 0. The molecular formula is C5H13O5PS. The minimum absolute atomic E-state index is 0.902. The zero-order chi connectivity index (χ0) is 9.99. The van der Waals surface area contributed by atoms with E-state index in [2.05, 4.69) is 8.71 Å². The third kappa shape index (κ3) is 4.21. The first-order valence-electron chi connectivity index (χ1n) is 3.20. The van der Waals surface area contributed by atoms with Crippen molar-refractivity contribution in [1.82, 2.24) is 0 Å². The number of rotatable bonds is 4. The van der Waals surface area contributed by atoms with Crippen LogP contribution in [0.25, 0.3) is 0 Å². The Balaban J connectivity index is 4.44. The topological polar surface area (TPSA) is 69.7 Å². The molecule has 0 spiro atoms. The summed E-state index contributed by atoms with van der Waals surface area (Å²) in [4.78, 5) is 0. The van der Waals surface area contributed by atoms with E-state index in [0.29, 0.717) is 0 Å². The van der Waals surface area contributed by atoms with E-state index < -0.39 is 23.3 Å². The average Bonchev–Trinajstić information content (AvgIpc) is 1.84. The molecule has 0 aromatic carbocycles. The zero-order valence-electron chi connectivity index (χ0n) is 7.47. The Morgan fingerprint density at radius 1 is 1.42 bits per heavy atom. The van der Waals surface area contributed by atoms with Gasteiger partial charge >= 0.3 is 0 Å². The smallest absolute Gasteiger partial charge is 0.265 e. The highest BCUT2D eigenvalue weighted by Gasteiger charge is 2.27. The van der Waals surface area contributed by atoms with Gasteiger partial charge in [-0.15, -0.1) is 0 Å². The second kappa shape index (κ2) is 3.87. The quantitative estimate of drug-likeness (QED) is 0.515. The van der Waals surface area contributed by atoms with Crippen LogP contribution in [0.2, 0.25) is 0 Å². The maximum absolute atomic E-state index is 11.3. The van der Waals surface area contributed by atoms with Gasteiger partial charge in [-0.2, -0.15) is 8.42 Å².